The monoisotopic (exact) mass is 388 g/mol. The van der Waals surface area contributed by atoms with Crippen molar-refractivity contribution >= 4 is 28.7 Å². The van der Waals surface area contributed by atoms with Gasteiger partial charge in [0.1, 0.15) is 12.4 Å². The maximum Gasteiger partial charge on any atom is 0.193 e. The molecule has 0 aromatic heterocycles. The molecule has 148 valence electrons. The first kappa shape index (κ1) is 24.7. The lowest BCUT2D eigenvalue weighted by molar-refractivity contribution is -0.126. The van der Waals surface area contributed by atoms with E-state index in [1.54, 1.807) is 6.92 Å². The van der Waals surface area contributed by atoms with Crippen LogP contribution in [0.4, 0.5) is 0 Å². The average Bonchev–Trinajstić information content (AvgIpc) is 2.34. The fraction of sp³-hybridized carbons (Fsp3) is 0.895. The van der Waals surface area contributed by atoms with E-state index < -0.39 is 22.7 Å². The van der Waals surface area contributed by atoms with Gasteiger partial charge in [0.2, 0.25) is 0 Å². The largest absolute Gasteiger partial charge is 0.413 e. The average molecular weight is 389 g/mol. The molecule has 0 aliphatic heterocycles. The molecule has 2 atom stereocenters. The van der Waals surface area contributed by atoms with Crippen LogP contribution in [0.5, 0.6) is 0 Å². The van der Waals surface area contributed by atoms with Crippen molar-refractivity contribution in [3.8, 4) is 0 Å². The predicted octanol–water partition coefficient (Wildman–Crippen LogP) is 5.34. The normalized spacial score (nSPS) is 16.4. The van der Waals surface area contributed by atoms with Gasteiger partial charge in [-0.2, -0.15) is 0 Å². The quantitative estimate of drug-likeness (QED) is 0.395. The minimum atomic E-state index is -2.07. The number of hydrogen-bond donors (Lipinski definition) is 0. The number of rotatable bonds is 9. The molecule has 0 saturated carbocycles. The molecule has 0 rings (SSSR count). The summed E-state index contributed by atoms with van der Waals surface area (Å²) in [5.41, 5.74) is 0. The molecule has 0 aliphatic carbocycles. The highest BCUT2D eigenvalue weighted by atomic mass is 28.4. The summed E-state index contributed by atoms with van der Waals surface area (Å²) in [5.74, 6) is 0.0135. The Morgan fingerprint density at radius 1 is 0.920 bits per heavy atom. The zero-order chi connectivity index (χ0) is 20.3. The highest BCUT2D eigenvalue weighted by Crippen LogP contribution is 2.40. The van der Waals surface area contributed by atoms with E-state index in [9.17, 15) is 9.59 Å². The first-order valence-electron chi connectivity index (χ1n) is 9.24. The van der Waals surface area contributed by atoms with E-state index >= 15 is 0 Å². The van der Waals surface area contributed by atoms with Gasteiger partial charge in [0.05, 0.1) is 6.10 Å². The zero-order valence-corrected chi connectivity index (χ0v) is 20.3. The van der Waals surface area contributed by atoms with Crippen LogP contribution in [0.15, 0.2) is 0 Å². The third-order valence-electron chi connectivity index (χ3n) is 5.80. The van der Waals surface area contributed by atoms with Gasteiger partial charge in [0.15, 0.2) is 22.4 Å². The van der Waals surface area contributed by atoms with Crippen LogP contribution < -0.4 is 0 Å². The van der Waals surface area contributed by atoms with Gasteiger partial charge in [-0.1, -0.05) is 41.5 Å². The van der Waals surface area contributed by atoms with Crippen LogP contribution in [-0.4, -0.2) is 40.9 Å². The van der Waals surface area contributed by atoms with Crippen LogP contribution in [0.25, 0.3) is 0 Å². The highest BCUT2D eigenvalue weighted by Gasteiger charge is 2.42. The second-order valence-electron chi connectivity index (χ2n) is 10.1. The summed E-state index contributed by atoms with van der Waals surface area (Å²) < 4.78 is 12.8. The fourth-order valence-electron chi connectivity index (χ4n) is 1.96. The number of aldehydes is 1. The summed E-state index contributed by atoms with van der Waals surface area (Å²) in [6.45, 7) is 23.2. The molecule has 25 heavy (non-hydrogen) atoms. The molecule has 0 heterocycles. The van der Waals surface area contributed by atoms with Gasteiger partial charge in [0, 0.05) is 12.8 Å². The lowest BCUT2D eigenvalue weighted by Crippen LogP contribution is -2.48. The molecule has 0 saturated heterocycles. The Bertz CT molecular complexity index is 459. The Morgan fingerprint density at radius 3 is 1.64 bits per heavy atom. The van der Waals surface area contributed by atoms with Crippen LogP contribution >= 0.6 is 0 Å². The van der Waals surface area contributed by atoms with Crippen molar-refractivity contribution in [1.29, 1.82) is 0 Å². The minimum Gasteiger partial charge on any atom is -0.413 e. The number of carbonyl (C=O) groups is 2. The first-order chi connectivity index (χ1) is 10.9. The maximum atomic E-state index is 12.2. The maximum absolute atomic E-state index is 12.2. The van der Waals surface area contributed by atoms with Gasteiger partial charge in [-0.05, 0) is 43.2 Å². The zero-order valence-electron chi connectivity index (χ0n) is 18.3. The van der Waals surface area contributed by atoms with Crippen LogP contribution in [0, 0.1) is 0 Å². The smallest absolute Gasteiger partial charge is 0.193 e. The fourth-order valence-corrected chi connectivity index (χ4v) is 4.67. The van der Waals surface area contributed by atoms with Crippen molar-refractivity contribution in [2.45, 2.75) is 110 Å². The van der Waals surface area contributed by atoms with Crippen LogP contribution in [0.3, 0.4) is 0 Å². The van der Waals surface area contributed by atoms with Crippen molar-refractivity contribution in [2.75, 3.05) is 0 Å². The lowest BCUT2D eigenvalue weighted by Gasteiger charge is -2.41. The third kappa shape index (κ3) is 7.45. The summed E-state index contributed by atoms with van der Waals surface area (Å²) in [7, 11) is -4.09. The van der Waals surface area contributed by atoms with E-state index in [0.717, 1.165) is 6.29 Å². The molecular formula is C19H40O4Si2. The van der Waals surface area contributed by atoms with E-state index in [0.29, 0.717) is 12.8 Å². The molecule has 0 N–H and O–H groups in total. The van der Waals surface area contributed by atoms with Gasteiger partial charge < -0.3 is 13.6 Å². The van der Waals surface area contributed by atoms with Crippen molar-refractivity contribution < 1.29 is 18.4 Å². The Hall–Kier alpha value is -0.306. The standard InChI is InChI=1S/C19H40O4Si2/c1-15(21)17(23-25(10,11)19(5,6)7)14-16(12-13-20)22-24(8,9)18(2,3)4/h13,16-17H,12,14H2,1-11H3/t16-,17+/m1/s1. The Balaban J connectivity index is 5.36. The minimum absolute atomic E-state index is 0.0135. The molecule has 4 nitrogen and oxygen atoms in total. The molecule has 0 spiro atoms. The van der Waals surface area contributed by atoms with Crippen molar-refractivity contribution in [3.63, 3.8) is 0 Å². The number of carbonyl (C=O) groups excluding carboxylic acids is 2. The van der Waals surface area contributed by atoms with E-state index in [-0.39, 0.29) is 22.0 Å². The van der Waals surface area contributed by atoms with Crippen LogP contribution in [0.1, 0.15) is 61.3 Å². The summed E-state index contributed by atoms with van der Waals surface area (Å²) in [4.78, 5) is 23.4. The van der Waals surface area contributed by atoms with Crippen molar-refractivity contribution in [3.05, 3.63) is 0 Å². The summed E-state index contributed by atoms with van der Waals surface area (Å²) in [5, 5.41) is 0.0846. The highest BCUT2D eigenvalue weighted by molar-refractivity contribution is 6.74. The van der Waals surface area contributed by atoms with Crippen LogP contribution in [-0.2, 0) is 18.4 Å². The predicted molar refractivity (Wildman–Crippen MR) is 110 cm³/mol. The second-order valence-corrected chi connectivity index (χ2v) is 19.6. The molecule has 0 fully saturated rings. The third-order valence-corrected chi connectivity index (χ3v) is 14.8. The topological polar surface area (TPSA) is 52.6 Å². The number of ketones is 1. The van der Waals surface area contributed by atoms with E-state index in [1.807, 2.05) is 0 Å². The Morgan fingerprint density at radius 2 is 1.32 bits per heavy atom. The molecular weight excluding hydrogens is 348 g/mol. The number of hydrogen-bond acceptors (Lipinski definition) is 4. The van der Waals surface area contributed by atoms with Gasteiger partial charge in [-0.3, -0.25) is 4.79 Å². The van der Waals surface area contributed by atoms with Gasteiger partial charge >= 0.3 is 0 Å². The van der Waals surface area contributed by atoms with Crippen LogP contribution in [0.2, 0.25) is 36.3 Å². The lowest BCUT2D eigenvalue weighted by atomic mass is 10.1. The van der Waals surface area contributed by atoms with E-state index in [1.165, 1.54) is 0 Å². The SMILES string of the molecule is CC(=O)[C@H](C[C@@H](CC=O)O[Si](C)(C)C(C)(C)C)O[Si](C)(C)C(C)(C)C. The summed E-state index contributed by atoms with van der Waals surface area (Å²) in [6, 6.07) is 0. The van der Waals surface area contributed by atoms with Gasteiger partial charge in [0.25, 0.3) is 0 Å². The second kappa shape index (κ2) is 8.59. The molecule has 6 heteroatoms. The van der Waals surface area contributed by atoms with E-state index in [4.69, 9.17) is 8.85 Å². The summed E-state index contributed by atoms with van der Waals surface area (Å²) in [6.07, 6.45) is 0.874. The van der Waals surface area contributed by atoms with Crippen molar-refractivity contribution in [2.24, 2.45) is 0 Å². The molecule has 0 radical (unpaired) electrons. The first-order valence-corrected chi connectivity index (χ1v) is 15.1. The molecule has 0 aliphatic rings. The van der Waals surface area contributed by atoms with Gasteiger partial charge in [-0.15, -0.1) is 0 Å². The summed E-state index contributed by atoms with van der Waals surface area (Å²) >= 11 is 0. The molecule has 0 aromatic rings. The molecule has 0 bridgehead atoms. The van der Waals surface area contributed by atoms with Crippen molar-refractivity contribution in [1.82, 2.24) is 0 Å². The molecule has 0 aromatic carbocycles. The Kier molecular flexibility index (Phi) is 8.48. The Labute approximate surface area is 157 Å². The van der Waals surface area contributed by atoms with E-state index in [2.05, 4.69) is 67.7 Å². The van der Waals surface area contributed by atoms with Gasteiger partial charge in [-0.25, -0.2) is 0 Å². The molecule has 0 unspecified atom stereocenters. The molecule has 0 amide bonds. The number of Topliss-reactive ketones (excluding diaryl/α,β-unsaturated/α-hetero) is 1.